The van der Waals surface area contributed by atoms with E-state index in [2.05, 4.69) is 15.8 Å². The van der Waals surface area contributed by atoms with Crippen LogP contribution >= 0.6 is 23.2 Å². The monoisotopic (exact) mass is 313 g/mol. The number of anilines is 1. The van der Waals surface area contributed by atoms with Gasteiger partial charge in [-0.15, -0.1) is 0 Å². The van der Waals surface area contributed by atoms with Crippen molar-refractivity contribution < 1.29 is 9.32 Å². The van der Waals surface area contributed by atoms with Crippen LogP contribution in [0.2, 0.25) is 10.0 Å². The van der Waals surface area contributed by atoms with Gasteiger partial charge in [-0.25, -0.2) is 4.79 Å². The molecule has 2 amide bonds. The lowest BCUT2D eigenvalue weighted by molar-refractivity contribution is 0.249. The van der Waals surface area contributed by atoms with Crippen LogP contribution in [0.3, 0.4) is 0 Å². The average molecular weight is 314 g/mol. The third-order valence-electron chi connectivity index (χ3n) is 2.65. The van der Waals surface area contributed by atoms with Crippen LogP contribution in [-0.4, -0.2) is 11.2 Å². The lowest BCUT2D eigenvalue weighted by atomic mass is 10.1. The van der Waals surface area contributed by atoms with E-state index in [0.29, 0.717) is 21.6 Å². The van der Waals surface area contributed by atoms with Gasteiger partial charge in [0.25, 0.3) is 0 Å². The van der Waals surface area contributed by atoms with E-state index in [9.17, 15) is 4.79 Å². The van der Waals surface area contributed by atoms with Crippen molar-refractivity contribution in [2.75, 3.05) is 5.32 Å². The summed E-state index contributed by atoms with van der Waals surface area (Å²) in [5, 5.41) is 10.1. The summed E-state index contributed by atoms with van der Waals surface area (Å²) in [5.41, 5.74) is 0.780. The van der Waals surface area contributed by atoms with Crippen LogP contribution in [0.5, 0.6) is 0 Å². The van der Waals surface area contributed by atoms with Crippen LogP contribution in [-0.2, 0) is 0 Å². The maximum absolute atomic E-state index is 11.8. The van der Waals surface area contributed by atoms with Gasteiger partial charge in [0, 0.05) is 16.1 Å². The number of nitrogens with one attached hydrogen (secondary N) is 2. The number of aromatic nitrogens is 1. The molecule has 2 N–H and O–H groups in total. The first-order valence-electron chi connectivity index (χ1n) is 5.91. The third-order valence-corrected chi connectivity index (χ3v) is 3.21. The topological polar surface area (TPSA) is 67.2 Å². The van der Waals surface area contributed by atoms with Gasteiger partial charge in [0.15, 0.2) is 5.82 Å². The Morgan fingerprint density at radius 2 is 2.10 bits per heavy atom. The summed E-state index contributed by atoms with van der Waals surface area (Å²) in [4.78, 5) is 11.8. The van der Waals surface area contributed by atoms with Crippen molar-refractivity contribution in [2.24, 2.45) is 0 Å². The highest BCUT2D eigenvalue weighted by Crippen LogP contribution is 2.26. The van der Waals surface area contributed by atoms with Gasteiger partial charge in [-0.2, -0.15) is 0 Å². The summed E-state index contributed by atoms with van der Waals surface area (Å²) in [6.45, 7) is 3.56. The number of hydrogen-bond donors (Lipinski definition) is 2. The molecule has 7 heteroatoms. The predicted octanol–water partition coefficient (Wildman–Crippen LogP) is 4.17. The van der Waals surface area contributed by atoms with Crippen molar-refractivity contribution >= 4 is 35.1 Å². The first-order chi connectivity index (χ1) is 9.45. The molecule has 0 aliphatic rings. The van der Waals surface area contributed by atoms with E-state index in [1.54, 1.807) is 31.2 Å². The van der Waals surface area contributed by atoms with Gasteiger partial charge in [0.05, 0.1) is 6.04 Å². The van der Waals surface area contributed by atoms with Crippen LogP contribution in [0.1, 0.15) is 24.3 Å². The van der Waals surface area contributed by atoms with Crippen LogP contribution < -0.4 is 10.6 Å². The summed E-state index contributed by atoms with van der Waals surface area (Å²) in [6.07, 6.45) is 0. The number of amides is 2. The fourth-order valence-corrected chi connectivity index (χ4v) is 2.28. The Hall–Kier alpha value is -1.72. The minimum Gasteiger partial charge on any atom is -0.360 e. The number of benzene rings is 1. The van der Waals surface area contributed by atoms with Crippen molar-refractivity contribution in [3.05, 3.63) is 45.6 Å². The molecule has 1 atom stereocenters. The van der Waals surface area contributed by atoms with Crippen molar-refractivity contribution in [3.8, 4) is 0 Å². The highest BCUT2D eigenvalue weighted by molar-refractivity contribution is 6.35. The number of nitrogens with zero attached hydrogens (tertiary/aromatic N) is 1. The molecule has 2 aromatic rings. The van der Waals surface area contributed by atoms with E-state index in [4.69, 9.17) is 27.7 Å². The normalized spacial score (nSPS) is 12.0. The van der Waals surface area contributed by atoms with E-state index < -0.39 is 6.03 Å². The second-order valence-electron chi connectivity index (χ2n) is 4.31. The summed E-state index contributed by atoms with van der Waals surface area (Å²) < 4.78 is 4.86. The largest absolute Gasteiger partial charge is 0.360 e. The molecule has 0 saturated carbocycles. The standard InChI is InChI=1S/C13H13Cl2N3O2/c1-7-5-12(18-20-7)17-13(19)16-8(2)10-4-3-9(14)6-11(10)15/h3-6,8H,1-2H3,(H2,16,17,18,19). The molecule has 2 rings (SSSR count). The van der Waals surface area contributed by atoms with Crippen LogP contribution in [0, 0.1) is 6.92 Å². The van der Waals surface area contributed by atoms with Crippen molar-refractivity contribution in [2.45, 2.75) is 19.9 Å². The fourth-order valence-electron chi connectivity index (χ4n) is 1.70. The lowest BCUT2D eigenvalue weighted by Crippen LogP contribution is -2.31. The highest BCUT2D eigenvalue weighted by Gasteiger charge is 2.14. The fraction of sp³-hybridized carbons (Fsp3) is 0.231. The molecule has 0 bridgehead atoms. The molecule has 1 heterocycles. The zero-order valence-corrected chi connectivity index (χ0v) is 12.4. The van der Waals surface area contributed by atoms with Crippen LogP contribution in [0.4, 0.5) is 10.6 Å². The van der Waals surface area contributed by atoms with Gasteiger partial charge in [-0.1, -0.05) is 34.4 Å². The van der Waals surface area contributed by atoms with Crippen molar-refractivity contribution in [3.63, 3.8) is 0 Å². The smallest absolute Gasteiger partial charge is 0.320 e. The average Bonchev–Trinajstić information content (AvgIpc) is 2.74. The Bertz CT molecular complexity index is 628. The summed E-state index contributed by atoms with van der Waals surface area (Å²) in [6, 6.07) is 6.09. The Morgan fingerprint density at radius 3 is 2.70 bits per heavy atom. The second-order valence-corrected chi connectivity index (χ2v) is 5.15. The van der Waals surface area contributed by atoms with Crippen molar-refractivity contribution in [1.82, 2.24) is 10.5 Å². The number of carbonyl (C=O) groups excluding carboxylic acids is 1. The van der Waals surface area contributed by atoms with Crippen molar-refractivity contribution in [1.29, 1.82) is 0 Å². The molecule has 0 aliphatic heterocycles. The van der Waals surface area contributed by atoms with Gasteiger partial charge in [-0.05, 0) is 31.5 Å². The molecular formula is C13H13Cl2N3O2. The Labute approximate surface area is 126 Å². The Balaban J connectivity index is 2.00. The highest BCUT2D eigenvalue weighted by atomic mass is 35.5. The van der Waals surface area contributed by atoms with Gasteiger partial charge in [-0.3, -0.25) is 5.32 Å². The zero-order valence-electron chi connectivity index (χ0n) is 10.9. The Morgan fingerprint density at radius 1 is 1.35 bits per heavy atom. The van der Waals surface area contributed by atoms with E-state index in [1.807, 2.05) is 6.92 Å². The minimum absolute atomic E-state index is 0.271. The molecule has 5 nitrogen and oxygen atoms in total. The van der Waals surface area contributed by atoms with Gasteiger partial charge in [0.2, 0.25) is 0 Å². The number of carbonyl (C=O) groups is 1. The molecule has 106 valence electrons. The first-order valence-corrected chi connectivity index (χ1v) is 6.67. The minimum atomic E-state index is -0.392. The maximum atomic E-state index is 11.8. The van der Waals surface area contributed by atoms with Gasteiger partial charge < -0.3 is 9.84 Å². The van der Waals surface area contributed by atoms with Crippen LogP contribution in [0.15, 0.2) is 28.8 Å². The number of halogens is 2. The molecule has 0 radical (unpaired) electrons. The molecule has 1 aromatic carbocycles. The number of aryl methyl sites for hydroxylation is 1. The molecule has 0 fully saturated rings. The Kier molecular flexibility index (Phi) is 4.52. The molecule has 1 aromatic heterocycles. The molecular weight excluding hydrogens is 301 g/mol. The SMILES string of the molecule is Cc1cc(NC(=O)NC(C)c2ccc(Cl)cc2Cl)no1. The predicted molar refractivity (Wildman–Crippen MR) is 78.3 cm³/mol. The maximum Gasteiger partial charge on any atom is 0.320 e. The van der Waals surface area contributed by atoms with Gasteiger partial charge >= 0.3 is 6.03 Å². The number of rotatable bonds is 3. The summed E-state index contributed by atoms with van der Waals surface area (Å²) in [7, 11) is 0. The van der Waals surface area contributed by atoms with E-state index in [0.717, 1.165) is 5.56 Å². The third kappa shape index (κ3) is 3.65. The molecule has 0 aliphatic carbocycles. The summed E-state index contributed by atoms with van der Waals surface area (Å²) in [5.74, 6) is 0.975. The summed E-state index contributed by atoms with van der Waals surface area (Å²) >= 11 is 11.9. The van der Waals surface area contributed by atoms with Crippen LogP contribution in [0.25, 0.3) is 0 Å². The second kappa shape index (κ2) is 6.15. The lowest BCUT2D eigenvalue weighted by Gasteiger charge is -2.15. The number of urea groups is 1. The zero-order chi connectivity index (χ0) is 14.7. The van der Waals surface area contributed by atoms with Gasteiger partial charge in [0.1, 0.15) is 5.76 Å². The molecule has 0 spiro atoms. The number of hydrogen-bond acceptors (Lipinski definition) is 3. The molecule has 1 unspecified atom stereocenters. The van der Waals surface area contributed by atoms with E-state index in [1.165, 1.54) is 0 Å². The quantitative estimate of drug-likeness (QED) is 0.893. The van der Waals surface area contributed by atoms with E-state index in [-0.39, 0.29) is 6.04 Å². The molecule has 20 heavy (non-hydrogen) atoms. The molecule has 0 saturated heterocycles. The first kappa shape index (κ1) is 14.7. The van der Waals surface area contributed by atoms with E-state index >= 15 is 0 Å².